The van der Waals surface area contributed by atoms with Gasteiger partial charge in [-0.3, -0.25) is 0 Å². The van der Waals surface area contributed by atoms with Crippen molar-refractivity contribution in [2.24, 2.45) is 0 Å². The molecule has 0 aliphatic carbocycles. The first kappa shape index (κ1) is 8.96. The van der Waals surface area contributed by atoms with E-state index < -0.39 is 0 Å². The molecular weight excluding hydrogens is 255 g/mol. The summed E-state index contributed by atoms with van der Waals surface area (Å²) in [5.74, 6) is 0. The Morgan fingerprint density at radius 3 is 2.73 bits per heavy atom. The van der Waals surface area contributed by atoms with Gasteiger partial charge in [0.15, 0.2) is 23.0 Å². The van der Waals surface area contributed by atoms with E-state index in [0.29, 0.717) is 6.61 Å². The van der Waals surface area contributed by atoms with Gasteiger partial charge in [0.05, 0.1) is 0 Å². The van der Waals surface area contributed by atoms with Crippen LogP contribution in [0.15, 0.2) is 24.3 Å². The van der Waals surface area contributed by atoms with E-state index in [9.17, 15) is 0 Å². The number of hydrogen-bond acceptors (Lipinski definition) is 2. The van der Waals surface area contributed by atoms with E-state index in [4.69, 9.17) is 4.89 Å². The van der Waals surface area contributed by atoms with E-state index in [-0.39, 0.29) is 0 Å². The minimum atomic E-state index is 0.510. The Kier molecular flexibility index (Phi) is 3.82. The van der Waals surface area contributed by atoms with Crippen LogP contribution in [0, 0.1) is 6.92 Å². The second-order valence-electron chi connectivity index (χ2n) is 2.25. The van der Waals surface area contributed by atoms with Gasteiger partial charge in [0.1, 0.15) is 6.61 Å². The normalized spacial score (nSPS) is 10.0. The van der Waals surface area contributed by atoms with E-state index in [1.54, 1.807) is 23.0 Å². The largest absolute Gasteiger partial charge is 0.222 e. The second kappa shape index (κ2) is 4.69. The monoisotopic (exact) mass is 264 g/mol. The molecule has 0 bridgehead atoms. The molecule has 0 unspecified atom stereocenters. The second-order valence-corrected chi connectivity index (χ2v) is 2.61. The van der Waals surface area contributed by atoms with Crippen molar-refractivity contribution in [3.8, 4) is 0 Å². The third-order valence-electron chi connectivity index (χ3n) is 1.52. The van der Waals surface area contributed by atoms with Crippen LogP contribution in [0.1, 0.15) is 11.1 Å². The van der Waals surface area contributed by atoms with Gasteiger partial charge in [-0.05, 0) is 18.1 Å². The highest BCUT2D eigenvalue weighted by atomic mass is 127. The van der Waals surface area contributed by atoms with Gasteiger partial charge < -0.3 is 0 Å². The minimum absolute atomic E-state index is 0.510. The van der Waals surface area contributed by atoms with E-state index in [2.05, 4.69) is 3.22 Å². The third-order valence-corrected chi connectivity index (χ3v) is 1.77. The van der Waals surface area contributed by atoms with Gasteiger partial charge in [0, 0.05) is 0 Å². The maximum Gasteiger partial charge on any atom is 0.155 e. The molecule has 0 saturated carbocycles. The summed E-state index contributed by atoms with van der Waals surface area (Å²) in [7, 11) is 0. The lowest BCUT2D eigenvalue weighted by atomic mass is 10.1. The molecule has 2 nitrogen and oxygen atoms in total. The fourth-order valence-corrected chi connectivity index (χ4v) is 0.985. The number of halogens is 1. The van der Waals surface area contributed by atoms with Gasteiger partial charge in [-0.1, -0.05) is 24.3 Å². The molecule has 1 aromatic rings. The topological polar surface area (TPSA) is 18.5 Å². The summed E-state index contributed by atoms with van der Waals surface area (Å²) >= 11 is 1.70. The Balaban J connectivity index is 2.62. The summed E-state index contributed by atoms with van der Waals surface area (Å²) in [5, 5.41) is 0. The average molecular weight is 264 g/mol. The molecule has 0 atom stereocenters. The maximum absolute atomic E-state index is 4.79. The van der Waals surface area contributed by atoms with Crippen LogP contribution in [0.3, 0.4) is 0 Å². The maximum atomic E-state index is 4.79. The van der Waals surface area contributed by atoms with Crippen LogP contribution in [0.25, 0.3) is 0 Å². The smallest absolute Gasteiger partial charge is 0.155 e. The van der Waals surface area contributed by atoms with Crippen LogP contribution in [0.5, 0.6) is 0 Å². The van der Waals surface area contributed by atoms with Gasteiger partial charge in [-0.2, -0.15) is 3.22 Å². The Bertz CT molecular complexity index is 225. The molecule has 11 heavy (non-hydrogen) atoms. The molecule has 0 fully saturated rings. The SMILES string of the molecule is Cc1ccccc1COOI. The standard InChI is InChI=1S/C8H9IO2/c1-7-4-2-3-5-8(7)6-10-11-9/h2-5H,6H2,1H3. The molecule has 0 radical (unpaired) electrons. The molecule has 0 heterocycles. The van der Waals surface area contributed by atoms with Gasteiger partial charge in [-0.25, -0.2) is 4.89 Å². The van der Waals surface area contributed by atoms with Crippen LogP contribution in [-0.2, 0) is 14.7 Å². The van der Waals surface area contributed by atoms with Gasteiger partial charge in [0.25, 0.3) is 0 Å². The van der Waals surface area contributed by atoms with Gasteiger partial charge in [0.2, 0.25) is 0 Å². The lowest BCUT2D eigenvalue weighted by molar-refractivity contribution is -0.177. The van der Waals surface area contributed by atoms with E-state index >= 15 is 0 Å². The highest BCUT2D eigenvalue weighted by molar-refractivity contribution is 14.1. The lowest BCUT2D eigenvalue weighted by Crippen LogP contribution is -1.91. The molecule has 1 aromatic carbocycles. The molecule has 0 amide bonds. The number of hydrogen-bond donors (Lipinski definition) is 0. The molecule has 0 aliphatic heterocycles. The van der Waals surface area contributed by atoms with E-state index in [1.165, 1.54) is 5.56 Å². The van der Waals surface area contributed by atoms with Crippen LogP contribution >= 0.6 is 23.0 Å². The van der Waals surface area contributed by atoms with Crippen molar-refractivity contribution in [2.45, 2.75) is 13.5 Å². The molecule has 0 aliphatic rings. The first-order valence-electron chi connectivity index (χ1n) is 3.29. The first-order valence-corrected chi connectivity index (χ1v) is 4.17. The average Bonchev–Trinajstić information content (AvgIpc) is 2.03. The molecule has 0 saturated heterocycles. The fraction of sp³-hybridized carbons (Fsp3) is 0.250. The molecule has 60 valence electrons. The van der Waals surface area contributed by atoms with E-state index in [0.717, 1.165) is 5.56 Å². The molecule has 0 aromatic heterocycles. The molecular formula is C8H9IO2. The minimum Gasteiger partial charge on any atom is -0.222 e. The quantitative estimate of drug-likeness (QED) is 0.475. The number of benzene rings is 1. The fourth-order valence-electron chi connectivity index (χ4n) is 0.858. The van der Waals surface area contributed by atoms with Crippen molar-refractivity contribution in [3.05, 3.63) is 35.4 Å². The van der Waals surface area contributed by atoms with Crippen molar-refractivity contribution in [1.29, 1.82) is 0 Å². The van der Waals surface area contributed by atoms with Crippen molar-refractivity contribution in [2.75, 3.05) is 0 Å². The van der Waals surface area contributed by atoms with Crippen LogP contribution < -0.4 is 0 Å². The number of rotatable bonds is 3. The van der Waals surface area contributed by atoms with Crippen LogP contribution in [0.4, 0.5) is 0 Å². The Morgan fingerprint density at radius 1 is 1.36 bits per heavy atom. The van der Waals surface area contributed by atoms with Crippen molar-refractivity contribution < 1.29 is 8.10 Å². The third kappa shape index (κ3) is 2.76. The number of aryl methyl sites for hydroxylation is 1. The molecule has 0 N–H and O–H groups in total. The van der Waals surface area contributed by atoms with Crippen LogP contribution in [0.2, 0.25) is 0 Å². The van der Waals surface area contributed by atoms with E-state index in [1.807, 2.05) is 31.2 Å². The first-order chi connectivity index (χ1) is 5.34. The summed E-state index contributed by atoms with van der Waals surface area (Å²) in [6.07, 6.45) is 0. The zero-order valence-corrected chi connectivity index (χ0v) is 8.37. The summed E-state index contributed by atoms with van der Waals surface area (Å²) in [6, 6.07) is 8.06. The summed E-state index contributed by atoms with van der Waals surface area (Å²) < 4.78 is 4.47. The zero-order chi connectivity index (χ0) is 8.10. The Morgan fingerprint density at radius 2 is 2.09 bits per heavy atom. The summed E-state index contributed by atoms with van der Waals surface area (Å²) in [6.45, 7) is 2.56. The summed E-state index contributed by atoms with van der Waals surface area (Å²) in [4.78, 5) is 4.79. The summed E-state index contributed by atoms with van der Waals surface area (Å²) in [5.41, 5.74) is 2.38. The van der Waals surface area contributed by atoms with Crippen molar-refractivity contribution in [3.63, 3.8) is 0 Å². The lowest BCUT2D eigenvalue weighted by Gasteiger charge is -2.02. The van der Waals surface area contributed by atoms with Gasteiger partial charge in [-0.15, -0.1) is 0 Å². The van der Waals surface area contributed by atoms with Crippen molar-refractivity contribution in [1.82, 2.24) is 0 Å². The predicted molar refractivity (Wildman–Crippen MR) is 51.1 cm³/mol. The highest BCUT2D eigenvalue weighted by Gasteiger charge is 1.95. The van der Waals surface area contributed by atoms with Gasteiger partial charge >= 0.3 is 0 Å². The zero-order valence-electron chi connectivity index (χ0n) is 6.21. The Hall–Kier alpha value is -0.130. The molecule has 3 heteroatoms. The Labute approximate surface area is 80.1 Å². The predicted octanol–water partition coefficient (Wildman–Crippen LogP) is 2.79. The molecule has 1 rings (SSSR count). The van der Waals surface area contributed by atoms with Crippen LogP contribution in [-0.4, -0.2) is 0 Å². The molecule has 0 spiro atoms. The van der Waals surface area contributed by atoms with Crippen molar-refractivity contribution >= 4 is 23.0 Å². The highest BCUT2D eigenvalue weighted by Crippen LogP contribution is 2.08.